The van der Waals surface area contributed by atoms with E-state index in [1.807, 2.05) is 6.92 Å². The predicted octanol–water partition coefficient (Wildman–Crippen LogP) is 0.289. The van der Waals surface area contributed by atoms with Crippen LogP contribution >= 0.6 is 0 Å². The van der Waals surface area contributed by atoms with E-state index in [0.717, 1.165) is 6.61 Å². The summed E-state index contributed by atoms with van der Waals surface area (Å²) in [4.78, 5) is 0. The van der Waals surface area contributed by atoms with Gasteiger partial charge < -0.3 is 0 Å². The van der Waals surface area contributed by atoms with Gasteiger partial charge in [0.05, 0.1) is 0 Å². The fourth-order valence-corrected chi connectivity index (χ4v) is 0.489. The molecule has 0 amide bonds. The molecule has 32 valence electrons. The average molecular weight is 81.9 g/mol. The molecule has 0 aromatic carbocycles. The van der Waals surface area contributed by atoms with Gasteiger partial charge in [0, 0.05) is 0 Å². The van der Waals surface area contributed by atoms with Crippen LogP contribution in [0, 0.1) is 0 Å². The number of ether oxygens (including phenoxy) is 1. The Morgan fingerprint density at radius 1 is 1.67 bits per heavy atom. The molecule has 0 aromatic rings. The van der Waals surface area contributed by atoms with Gasteiger partial charge in [-0.05, 0) is 0 Å². The topological polar surface area (TPSA) is 9.23 Å². The zero-order chi connectivity index (χ0) is 4.24. The van der Waals surface area contributed by atoms with Crippen LogP contribution in [0.4, 0.5) is 0 Å². The third-order valence-electron chi connectivity index (χ3n) is 0.825. The summed E-state index contributed by atoms with van der Waals surface area (Å²) >= 11 is 0. The number of hydrogen-bond acceptors (Lipinski definition) is 1. The van der Waals surface area contributed by atoms with E-state index in [1.165, 1.54) is 12.7 Å². The summed E-state index contributed by atoms with van der Waals surface area (Å²) in [5.74, 6) is 0. The second-order valence-corrected chi connectivity index (χ2v) is 1.38. The Labute approximate surface area is 38.2 Å². The van der Waals surface area contributed by atoms with Crippen molar-refractivity contribution in [2.75, 3.05) is 6.61 Å². The molecule has 2 heteroatoms. The van der Waals surface area contributed by atoms with Crippen molar-refractivity contribution in [1.29, 1.82) is 0 Å². The van der Waals surface area contributed by atoms with E-state index in [0.29, 0.717) is 0 Å². The summed E-state index contributed by atoms with van der Waals surface area (Å²) in [7, 11) is 0. The van der Waals surface area contributed by atoms with Gasteiger partial charge in [-0.25, -0.2) is 0 Å². The van der Waals surface area contributed by atoms with E-state index in [2.05, 4.69) is 0 Å². The van der Waals surface area contributed by atoms with Crippen LogP contribution in [0.25, 0.3) is 0 Å². The van der Waals surface area contributed by atoms with Crippen LogP contribution in [0.1, 0.15) is 6.42 Å². The van der Waals surface area contributed by atoms with E-state index in [4.69, 9.17) is 4.74 Å². The van der Waals surface area contributed by atoms with Crippen LogP contribution in [-0.4, -0.2) is 19.7 Å². The molecule has 0 saturated carbocycles. The minimum atomic E-state index is 0.913. The van der Waals surface area contributed by atoms with Crippen LogP contribution < -0.4 is 0 Å². The van der Waals surface area contributed by atoms with Gasteiger partial charge in [0.15, 0.2) is 0 Å². The summed E-state index contributed by atoms with van der Waals surface area (Å²) in [6.45, 7) is 2.96. The van der Waals surface area contributed by atoms with Crippen LogP contribution in [-0.2, 0) is 4.74 Å². The Morgan fingerprint density at radius 3 is 2.83 bits per heavy atom. The van der Waals surface area contributed by atoms with Crippen LogP contribution in [0.3, 0.4) is 0 Å². The van der Waals surface area contributed by atoms with Gasteiger partial charge in [-0.3, -0.25) is 0 Å². The average Bonchev–Trinajstić information content (AvgIpc) is 1.72. The maximum absolute atomic E-state index is 4.89. The molecule has 0 N–H and O–H groups in total. The Hall–Kier alpha value is -0.265. The first kappa shape index (κ1) is 3.91. The molecule has 0 fully saturated rings. The zero-order valence-corrected chi connectivity index (χ0v) is 3.68. The second-order valence-electron chi connectivity index (χ2n) is 1.38. The van der Waals surface area contributed by atoms with Gasteiger partial charge in [0.2, 0.25) is 0 Å². The Kier molecular flexibility index (Phi) is 1.31. The molecule has 0 bridgehead atoms. The minimum absolute atomic E-state index is 0.913. The van der Waals surface area contributed by atoms with Crippen molar-refractivity contribution in [3.63, 3.8) is 0 Å². The van der Waals surface area contributed by atoms with Gasteiger partial charge >= 0.3 is 37.2 Å². The molecule has 1 heterocycles. The molecular weight excluding hydrogens is 74.9 g/mol. The van der Waals surface area contributed by atoms with Crippen LogP contribution in [0.5, 0.6) is 0 Å². The van der Waals surface area contributed by atoms with Crippen molar-refractivity contribution in [1.82, 2.24) is 0 Å². The molecule has 1 rings (SSSR count). The third kappa shape index (κ3) is 0.849. The summed E-state index contributed by atoms with van der Waals surface area (Å²) in [5.41, 5.74) is 0. The van der Waals surface area contributed by atoms with E-state index < -0.39 is 0 Å². The van der Waals surface area contributed by atoms with Gasteiger partial charge in [0.1, 0.15) is 0 Å². The third-order valence-corrected chi connectivity index (χ3v) is 0.825. The van der Waals surface area contributed by atoms with Crippen molar-refractivity contribution >= 4 is 13.1 Å². The molecule has 0 radical (unpaired) electrons. The maximum atomic E-state index is 4.89. The summed E-state index contributed by atoms with van der Waals surface area (Å²) in [6, 6.07) is 0. The fraction of sp³-hybridized carbons (Fsp3) is 0.750. The van der Waals surface area contributed by atoms with E-state index in [1.54, 1.807) is 6.15 Å². The first-order valence-electron chi connectivity index (χ1n) is 2.27. The van der Waals surface area contributed by atoms with E-state index >= 15 is 0 Å². The summed E-state index contributed by atoms with van der Waals surface area (Å²) in [5, 5.41) is 0. The van der Waals surface area contributed by atoms with Crippen molar-refractivity contribution < 1.29 is 4.74 Å². The molecule has 0 spiro atoms. The zero-order valence-electron chi connectivity index (χ0n) is 3.68. The molecule has 1 aliphatic rings. The molecule has 0 saturated heterocycles. The standard InChI is InChI=1S/C4H7BO/c1-2-5-4-6-3-1/h4H,1-3H2. The molecule has 0 unspecified atom stereocenters. The van der Waals surface area contributed by atoms with Crippen LogP contribution in [0.15, 0.2) is 0 Å². The van der Waals surface area contributed by atoms with Crippen molar-refractivity contribution in [2.24, 2.45) is 0 Å². The number of rotatable bonds is 0. The Bertz CT molecular complexity index is 52.6. The molecule has 6 heavy (non-hydrogen) atoms. The Morgan fingerprint density at radius 2 is 2.67 bits per heavy atom. The first-order chi connectivity index (χ1) is 3.00. The Balaban J connectivity index is 2.26. The summed E-state index contributed by atoms with van der Waals surface area (Å²) in [6.07, 6.45) is 4.15. The monoisotopic (exact) mass is 82.1 g/mol. The molecule has 0 aromatic heterocycles. The van der Waals surface area contributed by atoms with E-state index in [9.17, 15) is 0 Å². The van der Waals surface area contributed by atoms with Crippen LogP contribution in [0.2, 0.25) is 6.32 Å². The predicted molar refractivity (Wildman–Crippen MR) is 27.2 cm³/mol. The SMILES string of the molecule is B1=COCCC1. The van der Waals surface area contributed by atoms with Gasteiger partial charge in [-0.2, -0.15) is 0 Å². The van der Waals surface area contributed by atoms with Gasteiger partial charge in [0.25, 0.3) is 0 Å². The second kappa shape index (κ2) is 2.01. The summed E-state index contributed by atoms with van der Waals surface area (Å²) < 4.78 is 4.89. The van der Waals surface area contributed by atoms with Crippen molar-refractivity contribution in [3.05, 3.63) is 0 Å². The van der Waals surface area contributed by atoms with Crippen molar-refractivity contribution in [3.8, 4) is 0 Å². The quantitative estimate of drug-likeness (QED) is 0.381. The normalized spacial score (nSPS) is 18.7. The molecule has 1 nitrogen and oxygen atoms in total. The molecular formula is C4H7BO. The first-order valence-corrected chi connectivity index (χ1v) is 2.27. The van der Waals surface area contributed by atoms with Gasteiger partial charge in [-0.1, -0.05) is 0 Å². The van der Waals surface area contributed by atoms with Crippen molar-refractivity contribution in [2.45, 2.75) is 12.7 Å². The molecule has 0 aliphatic carbocycles. The number of hydrogen-bond donors (Lipinski definition) is 0. The van der Waals surface area contributed by atoms with Gasteiger partial charge in [-0.15, -0.1) is 0 Å². The molecule has 0 atom stereocenters. The molecule has 1 aliphatic heterocycles. The van der Waals surface area contributed by atoms with E-state index in [-0.39, 0.29) is 0 Å². The fourth-order valence-electron chi connectivity index (χ4n) is 0.489.